The molecule has 1 aromatic carbocycles. The van der Waals surface area contributed by atoms with Gasteiger partial charge in [0.2, 0.25) is 0 Å². The maximum Gasteiger partial charge on any atom is 0.458 e. The molecule has 0 heterocycles. The van der Waals surface area contributed by atoms with Crippen LogP contribution in [-0.2, 0) is 12.1 Å². The van der Waals surface area contributed by atoms with E-state index in [2.05, 4.69) is 15.9 Å². The third-order valence-electron chi connectivity index (χ3n) is 1.98. The summed E-state index contributed by atoms with van der Waals surface area (Å²) >= 11 is 2.58. The zero-order valence-corrected chi connectivity index (χ0v) is 9.72. The molecule has 0 amide bonds. The van der Waals surface area contributed by atoms with Crippen LogP contribution in [0.2, 0.25) is 0 Å². The number of hydrogen-bond acceptors (Lipinski definition) is 0. The Morgan fingerprint density at radius 2 is 1.28 bits per heavy atom. The van der Waals surface area contributed by atoms with Gasteiger partial charge in [-0.1, -0.05) is 22.0 Å². The zero-order valence-electron chi connectivity index (χ0n) is 8.13. The Morgan fingerprint density at radius 3 is 1.67 bits per heavy atom. The van der Waals surface area contributed by atoms with Gasteiger partial charge in [-0.15, -0.1) is 0 Å². The molecule has 0 N–H and O–H groups in total. The van der Waals surface area contributed by atoms with Crippen LogP contribution in [-0.4, -0.2) is 6.18 Å². The first-order chi connectivity index (χ1) is 7.87. The molecule has 0 atom stereocenters. The summed E-state index contributed by atoms with van der Waals surface area (Å²) in [5, 5.41) is 0. The molecule has 0 nitrogen and oxygen atoms in total. The predicted octanol–water partition coefficient (Wildman–Crippen LogP) is 5.12. The molecular formula is C9H3BrF8. The molecule has 18 heavy (non-hydrogen) atoms. The van der Waals surface area contributed by atoms with Crippen LogP contribution in [0.1, 0.15) is 11.1 Å². The van der Waals surface area contributed by atoms with Crippen LogP contribution >= 0.6 is 15.9 Å². The number of alkyl halides is 8. The van der Waals surface area contributed by atoms with Gasteiger partial charge in [0.25, 0.3) is 0 Å². The fourth-order valence-corrected chi connectivity index (χ4v) is 1.54. The molecule has 0 radical (unpaired) electrons. The van der Waals surface area contributed by atoms with Crippen LogP contribution in [0.4, 0.5) is 35.1 Å². The number of benzene rings is 1. The van der Waals surface area contributed by atoms with Crippen molar-refractivity contribution in [1.29, 1.82) is 0 Å². The third kappa shape index (κ3) is 2.76. The lowest BCUT2D eigenvalue weighted by molar-refractivity contribution is -0.291. The monoisotopic (exact) mass is 342 g/mol. The first-order valence-electron chi connectivity index (χ1n) is 4.19. The van der Waals surface area contributed by atoms with Crippen LogP contribution < -0.4 is 0 Å². The third-order valence-corrected chi connectivity index (χ3v) is 2.47. The second kappa shape index (κ2) is 4.36. The van der Waals surface area contributed by atoms with Gasteiger partial charge in [0.15, 0.2) is 0 Å². The molecule has 0 aliphatic carbocycles. The Hall–Kier alpha value is -0.860. The second-order valence-corrected chi connectivity index (χ2v) is 4.18. The van der Waals surface area contributed by atoms with Crippen molar-refractivity contribution in [3.63, 3.8) is 0 Å². The summed E-state index contributed by atoms with van der Waals surface area (Å²) in [4.78, 5) is 0. The summed E-state index contributed by atoms with van der Waals surface area (Å²) < 4.78 is 99.1. The lowest BCUT2D eigenvalue weighted by atomic mass is 10.0. The molecule has 0 saturated carbocycles. The fourth-order valence-electron chi connectivity index (χ4n) is 1.18. The number of halogens is 9. The van der Waals surface area contributed by atoms with E-state index >= 15 is 0 Å². The zero-order chi connectivity index (χ0) is 14.4. The standard InChI is InChI=1S/C9H3BrF8/c10-4-1-2-5(6(3-4)8(13,14)15)7(11,12)9(16,17)18/h1-3H. The Kier molecular flexibility index (Phi) is 3.68. The van der Waals surface area contributed by atoms with Gasteiger partial charge in [-0.3, -0.25) is 0 Å². The highest BCUT2D eigenvalue weighted by Gasteiger charge is 2.61. The van der Waals surface area contributed by atoms with Crippen molar-refractivity contribution in [3.8, 4) is 0 Å². The lowest BCUT2D eigenvalue weighted by Crippen LogP contribution is -2.35. The van der Waals surface area contributed by atoms with Gasteiger partial charge in [0, 0.05) is 10.0 Å². The fraction of sp³-hybridized carbons (Fsp3) is 0.333. The van der Waals surface area contributed by atoms with Gasteiger partial charge < -0.3 is 0 Å². The van der Waals surface area contributed by atoms with Gasteiger partial charge in [-0.05, 0) is 12.1 Å². The minimum atomic E-state index is -6.10. The predicted molar refractivity (Wildman–Crippen MR) is 49.1 cm³/mol. The van der Waals surface area contributed by atoms with Crippen molar-refractivity contribution < 1.29 is 35.1 Å². The lowest BCUT2D eigenvalue weighted by Gasteiger charge is -2.23. The minimum absolute atomic E-state index is 0.0976. The van der Waals surface area contributed by atoms with E-state index in [1.807, 2.05) is 0 Å². The Bertz CT molecular complexity index is 445. The topological polar surface area (TPSA) is 0 Å². The molecule has 0 aliphatic rings. The molecule has 0 saturated heterocycles. The highest BCUT2D eigenvalue weighted by molar-refractivity contribution is 9.10. The first-order valence-corrected chi connectivity index (χ1v) is 4.98. The Labute approximate surface area is 104 Å². The Morgan fingerprint density at radius 1 is 0.778 bits per heavy atom. The molecule has 1 rings (SSSR count). The molecule has 0 spiro atoms. The van der Waals surface area contributed by atoms with E-state index in [4.69, 9.17) is 0 Å². The van der Waals surface area contributed by atoms with E-state index in [-0.39, 0.29) is 16.6 Å². The highest BCUT2D eigenvalue weighted by Crippen LogP contribution is 2.48. The molecule has 102 valence electrons. The van der Waals surface area contributed by atoms with Gasteiger partial charge >= 0.3 is 18.3 Å². The van der Waals surface area contributed by atoms with Crippen molar-refractivity contribution in [2.45, 2.75) is 18.3 Å². The average molecular weight is 343 g/mol. The number of rotatable bonds is 1. The van der Waals surface area contributed by atoms with E-state index < -0.39 is 29.4 Å². The summed E-state index contributed by atoms with van der Waals surface area (Å²) in [6.45, 7) is 0. The van der Waals surface area contributed by atoms with Crippen molar-refractivity contribution in [3.05, 3.63) is 33.8 Å². The first kappa shape index (κ1) is 15.2. The molecular weight excluding hydrogens is 340 g/mol. The van der Waals surface area contributed by atoms with Crippen molar-refractivity contribution >= 4 is 15.9 Å². The van der Waals surface area contributed by atoms with Gasteiger partial charge in [-0.2, -0.15) is 35.1 Å². The van der Waals surface area contributed by atoms with Crippen LogP contribution in [0.25, 0.3) is 0 Å². The summed E-state index contributed by atoms with van der Waals surface area (Å²) in [7, 11) is 0. The smallest absolute Gasteiger partial charge is 0.191 e. The highest BCUT2D eigenvalue weighted by atomic mass is 79.9. The average Bonchev–Trinajstić information content (AvgIpc) is 2.13. The van der Waals surface area contributed by atoms with E-state index in [1.165, 1.54) is 0 Å². The molecule has 9 heteroatoms. The molecule has 0 aliphatic heterocycles. The van der Waals surface area contributed by atoms with E-state index in [1.54, 1.807) is 0 Å². The van der Waals surface area contributed by atoms with Crippen molar-refractivity contribution in [2.75, 3.05) is 0 Å². The van der Waals surface area contributed by atoms with Crippen LogP contribution in [0.15, 0.2) is 22.7 Å². The summed E-state index contributed by atoms with van der Waals surface area (Å²) in [6.07, 6.45) is -11.4. The molecule has 0 unspecified atom stereocenters. The van der Waals surface area contributed by atoms with E-state index in [9.17, 15) is 35.1 Å². The summed E-state index contributed by atoms with van der Waals surface area (Å²) in [6, 6.07) is 0.958. The second-order valence-electron chi connectivity index (χ2n) is 3.26. The van der Waals surface area contributed by atoms with E-state index in [0.29, 0.717) is 6.07 Å². The largest absolute Gasteiger partial charge is 0.458 e. The maximum atomic E-state index is 12.9. The molecule has 0 aromatic heterocycles. The summed E-state index contributed by atoms with van der Waals surface area (Å²) in [5.41, 5.74) is -4.15. The molecule has 1 aromatic rings. The quantitative estimate of drug-likeness (QED) is 0.621. The Balaban J connectivity index is 3.52. The minimum Gasteiger partial charge on any atom is -0.191 e. The summed E-state index contributed by atoms with van der Waals surface area (Å²) in [5.74, 6) is -5.57. The van der Waals surface area contributed by atoms with Crippen LogP contribution in [0.3, 0.4) is 0 Å². The number of hydrogen-bond donors (Lipinski definition) is 0. The van der Waals surface area contributed by atoms with Gasteiger partial charge in [0.05, 0.1) is 5.56 Å². The van der Waals surface area contributed by atoms with Gasteiger partial charge in [0.1, 0.15) is 0 Å². The SMILES string of the molecule is FC(F)(F)c1cc(Br)ccc1C(F)(F)C(F)(F)F. The van der Waals surface area contributed by atoms with E-state index in [0.717, 1.165) is 0 Å². The van der Waals surface area contributed by atoms with Gasteiger partial charge in [-0.25, -0.2) is 0 Å². The normalized spacial score (nSPS) is 13.8. The van der Waals surface area contributed by atoms with Crippen molar-refractivity contribution in [1.82, 2.24) is 0 Å². The van der Waals surface area contributed by atoms with Crippen LogP contribution in [0.5, 0.6) is 0 Å². The molecule has 0 bridgehead atoms. The van der Waals surface area contributed by atoms with Crippen molar-refractivity contribution in [2.24, 2.45) is 0 Å². The van der Waals surface area contributed by atoms with Crippen LogP contribution in [0, 0.1) is 0 Å². The maximum absolute atomic E-state index is 12.9. The molecule has 0 fully saturated rings.